The molecule has 6 nitrogen and oxygen atoms in total. The lowest BCUT2D eigenvalue weighted by Crippen LogP contribution is -2.32. The fourth-order valence-electron chi connectivity index (χ4n) is 3.80. The third kappa shape index (κ3) is 6.29. The molecule has 0 spiro atoms. The number of rotatable bonds is 10. The fraction of sp³-hybridized carbons (Fsp3) is 0.233. The molecule has 2 amide bonds. The number of hydrogen-bond acceptors (Lipinski definition) is 6. The van der Waals surface area contributed by atoms with Crippen LogP contribution in [-0.2, 0) is 14.3 Å². The van der Waals surface area contributed by atoms with Crippen molar-refractivity contribution in [1.29, 1.82) is 0 Å². The van der Waals surface area contributed by atoms with E-state index in [-0.39, 0.29) is 10.6 Å². The van der Waals surface area contributed by atoms with Gasteiger partial charge in [0.2, 0.25) is 0 Å². The van der Waals surface area contributed by atoms with Crippen molar-refractivity contribution in [2.75, 3.05) is 16.8 Å². The number of amides is 2. The lowest BCUT2D eigenvalue weighted by atomic mass is 10.0. The van der Waals surface area contributed by atoms with Gasteiger partial charge in [0.15, 0.2) is 0 Å². The van der Waals surface area contributed by atoms with Crippen molar-refractivity contribution in [3.8, 4) is 0 Å². The normalized spacial score (nSPS) is 13.4. The van der Waals surface area contributed by atoms with Gasteiger partial charge in [-0.25, -0.2) is 9.69 Å². The lowest BCUT2D eigenvalue weighted by molar-refractivity contribution is -0.120. The highest BCUT2D eigenvalue weighted by Crippen LogP contribution is 2.38. The molecule has 0 saturated carbocycles. The first-order valence-electron chi connectivity index (χ1n) is 12.5. The predicted octanol–water partition coefficient (Wildman–Crippen LogP) is 7.41. The molecule has 1 N–H and O–H groups in total. The van der Waals surface area contributed by atoms with Crippen LogP contribution in [0.5, 0.6) is 0 Å². The third-order valence-electron chi connectivity index (χ3n) is 6.01. The van der Waals surface area contributed by atoms with Gasteiger partial charge in [-0.05, 0) is 78.6 Å². The molecule has 0 atom stereocenters. The number of imide groups is 1. The van der Waals surface area contributed by atoms with Crippen molar-refractivity contribution >= 4 is 52.5 Å². The quantitative estimate of drug-likeness (QED) is 0.161. The summed E-state index contributed by atoms with van der Waals surface area (Å²) in [5.41, 5.74) is 2.79. The van der Waals surface area contributed by atoms with Crippen LogP contribution in [0.2, 0.25) is 5.02 Å². The number of carbonyl (C=O) groups excluding carboxylic acids is 3. The second-order valence-corrected chi connectivity index (χ2v) is 10.7. The number of hydrogen-bond donors (Lipinski definition) is 1. The Morgan fingerprint density at radius 1 is 0.947 bits per heavy atom. The molecule has 0 unspecified atom stereocenters. The Hall–Kier alpha value is -3.55. The number of benzene rings is 3. The van der Waals surface area contributed by atoms with E-state index in [1.807, 2.05) is 31.2 Å². The third-order valence-corrected chi connectivity index (χ3v) is 7.36. The number of anilines is 2. The summed E-state index contributed by atoms with van der Waals surface area (Å²) >= 11 is 7.23. The van der Waals surface area contributed by atoms with Crippen LogP contribution in [0.3, 0.4) is 0 Å². The standard InChI is InChI=1S/C30H29ClN2O4S/c1-4-5-18-37-30(36)21-8-14-24(15-9-21)33-28(34)26(32-23-12-6-20(7-13-23)19(2)3)27(29(33)35)38-25-16-10-22(31)11-17-25/h6-17,19,32H,4-5,18H2,1-3H3. The zero-order valence-electron chi connectivity index (χ0n) is 21.5. The van der Waals surface area contributed by atoms with Crippen molar-refractivity contribution in [3.63, 3.8) is 0 Å². The smallest absolute Gasteiger partial charge is 0.338 e. The molecular formula is C30H29ClN2O4S. The van der Waals surface area contributed by atoms with E-state index >= 15 is 0 Å². The van der Waals surface area contributed by atoms with Gasteiger partial charge in [0.25, 0.3) is 11.8 Å². The Morgan fingerprint density at radius 2 is 1.61 bits per heavy atom. The van der Waals surface area contributed by atoms with Crippen LogP contribution >= 0.6 is 23.4 Å². The van der Waals surface area contributed by atoms with Gasteiger partial charge in [0.1, 0.15) is 10.6 Å². The molecule has 3 aromatic rings. The zero-order chi connectivity index (χ0) is 27.2. The molecule has 3 aromatic carbocycles. The molecule has 1 heterocycles. The van der Waals surface area contributed by atoms with E-state index in [0.29, 0.717) is 34.5 Å². The number of thioether (sulfide) groups is 1. The van der Waals surface area contributed by atoms with E-state index in [1.165, 1.54) is 17.3 Å². The van der Waals surface area contributed by atoms with E-state index in [4.69, 9.17) is 16.3 Å². The molecule has 0 aliphatic carbocycles. The van der Waals surface area contributed by atoms with Gasteiger partial charge >= 0.3 is 5.97 Å². The van der Waals surface area contributed by atoms with Gasteiger partial charge in [-0.2, -0.15) is 0 Å². The number of nitrogens with one attached hydrogen (secondary N) is 1. The average Bonchev–Trinajstić information content (AvgIpc) is 3.14. The maximum atomic E-state index is 13.6. The SMILES string of the molecule is CCCCOC(=O)c1ccc(N2C(=O)C(Nc3ccc(C(C)C)cc3)=C(Sc3ccc(Cl)cc3)C2=O)cc1. The van der Waals surface area contributed by atoms with Crippen LogP contribution < -0.4 is 10.2 Å². The van der Waals surface area contributed by atoms with Crippen LogP contribution in [0, 0.1) is 0 Å². The minimum atomic E-state index is -0.474. The molecule has 1 aliphatic heterocycles. The van der Waals surface area contributed by atoms with Crippen molar-refractivity contribution in [2.24, 2.45) is 0 Å². The second kappa shape index (κ2) is 12.3. The van der Waals surface area contributed by atoms with E-state index in [1.54, 1.807) is 48.5 Å². The molecule has 1 aliphatic rings. The second-order valence-electron chi connectivity index (χ2n) is 9.14. The van der Waals surface area contributed by atoms with Gasteiger partial charge in [0, 0.05) is 15.6 Å². The monoisotopic (exact) mass is 548 g/mol. The fourth-order valence-corrected chi connectivity index (χ4v) is 4.86. The summed E-state index contributed by atoms with van der Waals surface area (Å²) in [6.45, 7) is 6.59. The molecule has 0 radical (unpaired) electrons. The predicted molar refractivity (Wildman–Crippen MR) is 153 cm³/mol. The number of esters is 1. The number of halogens is 1. The highest BCUT2D eigenvalue weighted by atomic mass is 35.5. The molecule has 8 heteroatoms. The number of carbonyl (C=O) groups is 3. The summed E-state index contributed by atoms with van der Waals surface area (Å²) in [5.74, 6) is -0.989. The van der Waals surface area contributed by atoms with Gasteiger partial charge < -0.3 is 10.1 Å². The first-order chi connectivity index (χ1) is 18.3. The summed E-state index contributed by atoms with van der Waals surface area (Å²) in [6, 6.07) is 21.1. The van der Waals surface area contributed by atoms with Crippen LogP contribution in [0.1, 0.15) is 55.5 Å². The molecule has 38 heavy (non-hydrogen) atoms. The van der Waals surface area contributed by atoms with E-state index < -0.39 is 17.8 Å². The molecular weight excluding hydrogens is 520 g/mol. The van der Waals surface area contributed by atoms with E-state index in [0.717, 1.165) is 22.6 Å². The summed E-state index contributed by atoms with van der Waals surface area (Å²) in [6.07, 6.45) is 1.71. The summed E-state index contributed by atoms with van der Waals surface area (Å²) < 4.78 is 5.26. The van der Waals surface area contributed by atoms with Gasteiger partial charge in [-0.3, -0.25) is 9.59 Å². The maximum Gasteiger partial charge on any atom is 0.338 e. The Bertz CT molecular complexity index is 1350. The van der Waals surface area contributed by atoms with Crippen LogP contribution in [0.25, 0.3) is 0 Å². The Kier molecular flexibility index (Phi) is 8.92. The van der Waals surface area contributed by atoms with E-state index in [2.05, 4.69) is 19.2 Å². The summed E-state index contributed by atoms with van der Waals surface area (Å²) in [4.78, 5) is 41.6. The first-order valence-corrected chi connectivity index (χ1v) is 13.7. The molecule has 0 aromatic heterocycles. The summed E-state index contributed by atoms with van der Waals surface area (Å²) in [7, 11) is 0. The number of ether oxygens (including phenoxy) is 1. The number of unbranched alkanes of at least 4 members (excludes halogenated alkanes) is 1. The largest absolute Gasteiger partial charge is 0.462 e. The van der Waals surface area contributed by atoms with Crippen LogP contribution in [-0.4, -0.2) is 24.4 Å². The lowest BCUT2D eigenvalue weighted by Gasteiger charge is -2.16. The van der Waals surface area contributed by atoms with Crippen molar-refractivity contribution < 1.29 is 19.1 Å². The average molecular weight is 549 g/mol. The maximum absolute atomic E-state index is 13.6. The van der Waals surface area contributed by atoms with Crippen LogP contribution in [0.15, 0.2) is 88.3 Å². The molecule has 4 rings (SSSR count). The van der Waals surface area contributed by atoms with Crippen molar-refractivity contribution in [1.82, 2.24) is 0 Å². The highest BCUT2D eigenvalue weighted by Gasteiger charge is 2.40. The van der Waals surface area contributed by atoms with Crippen LogP contribution in [0.4, 0.5) is 11.4 Å². The minimum absolute atomic E-state index is 0.190. The summed E-state index contributed by atoms with van der Waals surface area (Å²) in [5, 5.41) is 3.75. The molecule has 196 valence electrons. The molecule has 0 fully saturated rings. The first kappa shape index (κ1) is 27.5. The Balaban J connectivity index is 1.62. The zero-order valence-corrected chi connectivity index (χ0v) is 23.1. The topological polar surface area (TPSA) is 75.7 Å². The van der Waals surface area contributed by atoms with Crippen molar-refractivity contribution in [2.45, 2.75) is 44.4 Å². The Morgan fingerprint density at radius 3 is 2.21 bits per heavy atom. The Labute approximate surface area is 232 Å². The minimum Gasteiger partial charge on any atom is -0.462 e. The highest BCUT2D eigenvalue weighted by molar-refractivity contribution is 8.04. The van der Waals surface area contributed by atoms with Gasteiger partial charge in [-0.1, -0.05) is 62.7 Å². The van der Waals surface area contributed by atoms with Crippen molar-refractivity contribution in [3.05, 3.63) is 99.5 Å². The van der Waals surface area contributed by atoms with E-state index in [9.17, 15) is 14.4 Å². The number of nitrogens with zero attached hydrogens (tertiary/aromatic N) is 1. The molecule has 0 bridgehead atoms. The van der Waals surface area contributed by atoms with Gasteiger partial charge in [0.05, 0.1) is 17.9 Å². The van der Waals surface area contributed by atoms with Gasteiger partial charge in [-0.15, -0.1) is 0 Å². The molecule has 0 saturated heterocycles.